The molecule has 0 spiro atoms. The number of halogens is 1. The van der Waals surface area contributed by atoms with Crippen molar-refractivity contribution in [3.63, 3.8) is 0 Å². The van der Waals surface area contributed by atoms with Gasteiger partial charge in [0, 0.05) is 6.54 Å². The van der Waals surface area contributed by atoms with Gasteiger partial charge in [0.15, 0.2) is 0 Å². The first-order valence-electron chi connectivity index (χ1n) is 6.95. The van der Waals surface area contributed by atoms with Gasteiger partial charge < -0.3 is 5.73 Å². The van der Waals surface area contributed by atoms with E-state index in [1.165, 1.54) is 6.07 Å². The molecule has 0 aliphatic carbocycles. The molecule has 0 bridgehead atoms. The summed E-state index contributed by atoms with van der Waals surface area (Å²) in [6.45, 7) is 4.55. The molecule has 1 aromatic carbocycles. The second kappa shape index (κ2) is 7.59. The van der Waals surface area contributed by atoms with Crippen molar-refractivity contribution in [2.75, 3.05) is 12.3 Å². The van der Waals surface area contributed by atoms with Crippen molar-refractivity contribution in [2.45, 2.75) is 44.4 Å². The van der Waals surface area contributed by atoms with E-state index in [0.29, 0.717) is 12.5 Å². The number of hydrogen-bond donors (Lipinski definition) is 2. The van der Waals surface area contributed by atoms with Crippen LogP contribution in [0.1, 0.15) is 39.5 Å². The predicted molar refractivity (Wildman–Crippen MR) is 79.3 cm³/mol. The molecule has 1 aromatic rings. The second-order valence-electron chi connectivity index (χ2n) is 4.95. The van der Waals surface area contributed by atoms with Crippen molar-refractivity contribution in [2.24, 2.45) is 5.92 Å². The van der Waals surface area contributed by atoms with Gasteiger partial charge in [-0.05, 0) is 30.5 Å². The molecular weight excluding hydrogens is 279 g/mol. The lowest BCUT2D eigenvalue weighted by Gasteiger charge is -2.15. The van der Waals surface area contributed by atoms with E-state index in [4.69, 9.17) is 5.73 Å². The first-order chi connectivity index (χ1) is 9.40. The normalized spacial score (nSPS) is 13.3. The van der Waals surface area contributed by atoms with Gasteiger partial charge in [-0.2, -0.15) is 0 Å². The van der Waals surface area contributed by atoms with Crippen LogP contribution < -0.4 is 10.5 Å². The van der Waals surface area contributed by atoms with Crippen molar-refractivity contribution in [1.82, 2.24) is 4.72 Å². The van der Waals surface area contributed by atoms with Gasteiger partial charge in [0.05, 0.1) is 10.6 Å². The van der Waals surface area contributed by atoms with E-state index in [1.807, 2.05) is 6.92 Å². The first kappa shape index (κ1) is 16.9. The van der Waals surface area contributed by atoms with Crippen molar-refractivity contribution in [3.8, 4) is 0 Å². The van der Waals surface area contributed by atoms with Crippen LogP contribution in [0.4, 0.5) is 10.1 Å². The molecule has 0 aliphatic heterocycles. The highest BCUT2D eigenvalue weighted by Crippen LogP contribution is 2.17. The van der Waals surface area contributed by atoms with E-state index in [2.05, 4.69) is 11.6 Å². The maximum atomic E-state index is 13.1. The van der Waals surface area contributed by atoms with Crippen LogP contribution in [-0.2, 0) is 10.0 Å². The third kappa shape index (κ3) is 4.76. The molecule has 114 valence electrons. The molecule has 4 nitrogen and oxygen atoms in total. The average molecular weight is 302 g/mol. The van der Waals surface area contributed by atoms with Gasteiger partial charge in [-0.25, -0.2) is 17.5 Å². The maximum absolute atomic E-state index is 13.1. The predicted octanol–water partition coefficient (Wildman–Crippen LogP) is 2.90. The Bertz CT molecular complexity index is 532. The molecule has 0 aromatic heterocycles. The summed E-state index contributed by atoms with van der Waals surface area (Å²) in [5, 5.41) is 0. The van der Waals surface area contributed by atoms with E-state index in [1.54, 1.807) is 0 Å². The molecule has 0 amide bonds. The lowest BCUT2D eigenvalue weighted by atomic mass is 10.00. The molecule has 0 heterocycles. The topological polar surface area (TPSA) is 72.2 Å². The van der Waals surface area contributed by atoms with Crippen LogP contribution in [0.25, 0.3) is 0 Å². The highest BCUT2D eigenvalue weighted by atomic mass is 32.2. The van der Waals surface area contributed by atoms with E-state index >= 15 is 0 Å². The van der Waals surface area contributed by atoms with Crippen LogP contribution >= 0.6 is 0 Å². The van der Waals surface area contributed by atoms with Crippen molar-refractivity contribution in [1.29, 1.82) is 0 Å². The number of hydrogen-bond acceptors (Lipinski definition) is 3. The van der Waals surface area contributed by atoms with E-state index in [9.17, 15) is 12.8 Å². The number of anilines is 1. The molecule has 20 heavy (non-hydrogen) atoms. The standard InChI is InChI=1S/C14H23FN2O2S/c1-3-5-6-11(4-2)10-17-20(18,19)12-7-8-13(15)14(16)9-12/h7-9,11,17H,3-6,10,16H2,1-2H3. The molecule has 0 aliphatic rings. The number of sulfonamides is 1. The quantitative estimate of drug-likeness (QED) is 0.725. The van der Waals surface area contributed by atoms with Gasteiger partial charge in [0.25, 0.3) is 0 Å². The van der Waals surface area contributed by atoms with Gasteiger partial charge in [-0.15, -0.1) is 0 Å². The third-order valence-corrected chi connectivity index (χ3v) is 4.80. The van der Waals surface area contributed by atoms with Gasteiger partial charge in [0.1, 0.15) is 5.82 Å². The molecule has 1 atom stereocenters. The Labute approximate surface area is 120 Å². The Morgan fingerprint density at radius 2 is 2.05 bits per heavy atom. The minimum Gasteiger partial charge on any atom is -0.396 e. The Morgan fingerprint density at radius 3 is 2.60 bits per heavy atom. The van der Waals surface area contributed by atoms with Gasteiger partial charge >= 0.3 is 0 Å². The summed E-state index contributed by atoms with van der Waals surface area (Å²) in [6, 6.07) is 3.43. The fourth-order valence-electron chi connectivity index (χ4n) is 1.94. The summed E-state index contributed by atoms with van der Waals surface area (Å²) >= 11 is 0. The molecule has 0 radical (unpaired) electrons. The van der Waals surface area contributed by atoms with Crippen LogP contribution in [0.5, 0.6) is 0 Å². The Balaban J connectivity index is 2.71. The molecule has 0 saturated heterocycles. The fourth-order valence-corrected chi connectivity index (χ4v) is 3.09. The average Bonchev–Trinajstić information content (AvgIpc) is 2.42. The molecule has 6 heteroatoms. The smallest absolute Gasteiger partial charge is 0.240 e. The number of unbranched alkanes of at least 4 members (excludes halogenated alkanes) is 1. The third-order valence-electron chi connectivity index (χ3n) is 3.38. The van der Waals surface area contributed by atoms with E-state index in [-0.39, 0.29) is 10.6 Å². The van der Waals surface area contributed by atoms with Gasteiger partial charge in [0.2, 0.25) is 10.0 Å². The van der Waals surface area contributed by atoms with E-state index in [0.717, 1.165) is 37.8 Å². The Kier molecular flexibility index (Phi) is 6.42. The van der Waals surface area contributed by atoms with E-state index < -0.39 is 15.8 Å². The number of nitrogens with one attached hydrogen (secondary N) is 1. The highest BCUT2D eigenvalue weighted by Gasteiger charge is 2.17. The monoisotopic (exact) mass is 302 g/mol. The zero-order chi connectivity index (χ0) is 15.2. The van der Waals surface area contributed by atoms with Crippen molar-refractivity contribution in [3.05, 3.63) is 24.0 Å². The number of benzene rings is 1. The van der Waals surface area contributed by atoms with Crippen LogP contribution in [0, 0.1) is 11.7 Å². The first-order valence-corrected chi connectivity index (χ1v) is 8.43. The summed E-state index contributed by atoms with van der Waals surface area (Å²) in [4.78, 5) is 0.00162. The SMILES string of the molecule is CCCCC(CC)CNS(=O)(=O)c1ccc(F)c(N)c1. The van der Waals surface area contributed by atoms with Crippen LogP contribution in [0.15, 0.2) is 23.1 Å². The maximum Gasteiger partial charge on any atom is 0.240 e. The number of nitrogens with two attached hydrogens (primary N) is 1. The van der Waals surface area contributed by atoms with Crippen LogP contribution in [0.3, 0.4) is 0 Å². The molecule has 0 saturated carbocycles. The summed E-state index contributed by atoms with van der Waals surface area (Å²) in [5.74, 6) is -0.291. The molecule has 3 N–H and O–H groups in total. The largest absolute Gasteiger partial charge is 0.396 e. The summed E-state index contributed by atoms with van der Waals surface area (Å²) in [6.07, 6.45) is 4.11. The molecule has 1 rings (SSSR count). The lowest BCUT2D eigenvalue weighted by molar-refractivity contribution is 0.443. The highest BCUT2D eigenvalue weighted by molar-refractivity contribution is 7.89. The van der Waals surface area contributed by atoms with Crippen LogP contribution in [0.2, 0.25) is 0 Å². The fraction of sp³-hybridized carbons (Fsp3) is 0.571. The minimum absolute atomic E-state index is 0.00162. The van der Waals surface area contributed by atoms with Crippen molar-refractivity contribution < 1.29 is 12.8 Å². The molecule has 0 fully saturated rings. The lowest BCUT2D eigenvalue weighted by Crippen LogP contribution is -2.29. The summed E-state index contributed by atoms with van der Waals surface area (Å²) in [7, 11) is -3.63. The summed E-state index contributed by atoms with van der Waals surface area (Å²) in [5.41, 5.74) is 5.24. The zero-order valence-electron chi connectivity index (χ0n) is 12.0. The van der Waals surface area contributed by atoms with Crippen LogP contribution in [-0.4, -0.2) is 15.0 Å². The van der Waals surface area contributed by atoms with Crippen molar-refractivity contribution >= 4 is 15.7 Å². The number of rotatable bonds is 8. The minimum atomic E-state index is -3.63. The zero-order valence-corrected chi connectivity index (χ0v) is 12.8. The Hall–Kier alpha value is -1.14. The summed E-state index contributed by atoms with van der Waals surface area (Å²) < 4.78 is 39.8. The number of nitrogen functional groups attached to an aromatic ring is 1. The Morgan fingerprint density at radius 1 is 1.35 bits per heavy atom. The molecule has 1 unspecified atom stereocenters. The molecular formula is C14H23FN2O2S. The van der Waals surface area contributed by atoms with Gasteiger partial charge in [-0.3, -0.25) is 0 Å². The van der Waals surface area contributed by atoms with Gasteiger partial charge in [-0.1, -0.05) is 33.1 Å². The second-order valence-corrected chi connectivity index (χ2v) is 6.72.